The molecule has 42 heteroatoms. The molecule has 600 valence electrons. The van der Waals surface area contributed by atoms with Crippen LogP contribution in [-0.4, -0.2) is 67.2 Å². The van der Waals surface area contributed by atoms with Gasteiger partial charge in [-0.3, -0.25) is 19.2 Å². The van der Waals surface area contributed by atoms with Crippen molar-refractivity contribution in [3.63, 3.8) is 0 Å². The van der Waals surface area contributed by atoms with Gasteiger partial charge in [0.25, 0.3) is 5.91 Å². The number of amides is 2. The first kappa shape index (κ1) is 81.3. The first-order chi connectivity index (χ1) is 54.4. The third kappa shape index (κ3) is 12.3. The Hall–Kier alpha value is -12.8. The number of aliphatic imine (C=N–C) groups is 2. The number of rotatable bonds is 12. The summed E-state index contributed by atoms with van der Waals surface area (Å²) in [6.45, 7) is 1.33. The van der Waals surface area contributed by atoms with Gasteiger partial charge in [0.1, 0.15) is 5.78 Å². The summed E-state index contributed by atoms with van der Waals surface area (Å²) in [4.78, 5) is 72.4. The normalized spacial score (nSPS) is 20.4. The number of benzene rings is 6. The number of fused-ring (bicyclic) bond motifs is 9. The van der Waals surface area contributed by atoms with Crippen LogP contribution < -0.4 is 21.3 Å². The van der Waals surface area contributed by atoms with E-state index >= 15 is 151 Å². The smallest absolute Gasteiger partial charge is 0.257 e. The number of halogens is 30. The highest BCUT2D eigenvalue weighted by Crippen LogP contribution is 2.50. The minimum absolute atomic E-state index is 0.100. The van der Waals surface area contributed by atoms with E-state index in [1.54, 1.807) is 10.6 Å². The Morgan fingerprint density at radius 2 is 0.672 bits per heavy atom. The maximum Gasteiger partial charge on any atom is 0.257 e. The van der Waals surface area contributed by atoms with E-state index in [9.17, 15) is 10.2 Å². The van der Waals surface area contributed by atoms with E-state index in [1.807, 2.05) is 9.97 Å². The molecule has 6 aromatic carbocycles. The highest BCUT2D eigenvalue weighted by atomic mass is 19.2. The van der Waals surface area contributed by atoms with Gasteiger partial charge >= 0.3 is 0 Å². The number of hydrogen-bond donors (Lipinski definition) is 6. The molecule has 0 aliphatic carbocycles. The molecule has 4 unspecified atom stereocenters. The van der Waals surface area contributed by atoms with Crippen molar-refractivity contribution in [3.05, 3.63) is 312 Å². The molecule has 0 radical (unpaired) electrons. The Labute approximate surface area is 621 Å². The van der Waals surface area contributed by atoms with E-state index in [0.29, 0.717) is 13.8 Å². The zero-order valence-electron chi connectivity index (χ0n) is 56.1. The van der Waals surface area contributed by atoms with Crippen molar-refractivity contribution in [2.24, 2.45) is 21.8 Å². The molecule has 6 N–H and O–H groups in total. The Morgan fingerprint density at radius 1 is 0.353 bits per heavy atom. The van der Waals surface area contributed by atoms with Crippen LogP contribution in [0.25, 0.3) is 33.4 Å². The molecule has 8 aromatic rings. The van der Waals surface area contributed by atoms with Gasteiger partial charge in [-0.25, -0.2) is 142 Å². The lowest BCUT2D eigenvalue weighted by Gasteiger charge is -2.23. The predicted octanol–water partition coefficient (Wildman–Crippen LogP) is 14.5. The molecule has 1 fully saturated rings. The van der Waals surface area contributed by atoms with E-state index < -0.39 is 369 Å². The fraction of sp³-hybridized carbons (Fsp3) is 0.108. The third-order valence-corrected chi connectivity index (χ3v) is 18.4. The van der Waals surface area contributed by atoms with Crippen LogP contribution in [0, 0.1) is 186 Å². The van der Waals surface area contributed by atoms with E-state index in [-0.39, 0.29) is 48.6 Å². The lowest BCUT2D eigenvalue weighted by molar-refractivity contribution is -0.127. The molecule has 7 heterocycles. The monoisotopic (exact) mass is 1670 g/mol. The van der Waals surface area contributed by atoms with E-state index in [0.717, 1.165) is 0 Å². The molecule has 1 saturated heterocycles. The number of carbonyl (C=O) groups excluding carboxylic acids is 4. The average molecular weight is 1670 g/mol. The van der Waals surface area contributed by atoms with Gasteiger partial charge in [0.15, 0.2) is 145 Å². The number of nitrogens with zero attached hydrogens (tertiary/aromatic N) is 2. The number of aromatic amines is 2. The maximum atomic E-state index is 17.0. The number of allylic oxidation sites excluding steroid dienone is 7. The molecule has 0 spiro atoms. The van der Waals surface area contributed by atoms with Crippen LogP contribution in [0.3, 0.4) is 0 Å². The van der Waals surface area contributed by atoms with Crippen LogP contribution in [-0.2, 0) is 19.2 Å². The number of nitrogens with one attached hydrogen (secondary N) is 4. The second-order valence-corrected chi connectivity index (χ2v) is 25.4. The molecule has 2 aromatic heterocycles. The maximum absolute atomic E-state index is 17.0. The summed E-state index contributed by atoms with van der Waals surface area (Å²) in [5.41, 5.74) is -45.1. The summed E-state index contributed by atoms with van der Waals surface area (Å²) < 4.78 is 486. The quantitative estimate of drug-likeness (QED) is 0.0401. The first-order valence-electron chi connectivity index (χ1n) is 32.0. The number of hydrogen-bond acceptors (Lipinski definition) is 8. The van der Waals surface area contributed by atoms with Gasteiger partial charge in [-0.1, -0.05) is 0 Å². The predicted molar refractivity (Wildman–Crippen MR) is 335 cm³/mol. The van der Waals surface area contributed by atoms with Crippen molar-refractivity contribution in [1.82, 2.24) is 20.6 Å². The highest BCUT2D eigenvalue weighted by Gasteiger charge is 2.52. The minimum atomic E-state index is -3.44. The minimum Gasteiger partial charge on any atom is -0.393 e. The second kappa shape index (κ2) is 29.3. The Balaban J connectivity index is 1.35. The highest BCUT2D eigenvalue weighted by molar-refractivity contribution is 6.33. The van der Waals surface area contributed by atoms with Crippen LogP contribution >= 0.6 is 0 Å². The van der Waals surface area contributed by atoms with Crippen molar-refractivity contribution in [3.8, 4) is 0 Å². The number of aliphatic hydroxyl groups excluding tert-OH is 2. The summed E-state index contributed by atoms with van der Waals surface area (Å²) in [5.74, 6) is -108. The van der Waals surface area contributed by atoms with Crippen LogP contribution in [0.2, 0.25) is 0 Å². The lowest BCUT2D eigenvalue weighted by Crippen LogP contribution is -2.33. The zero-order valence-corrected chi connectivity index (χ0v) is 56.1. The molecular formula is C74H28F30N6O6. The fourth-order valence-electron chi connectivity index (χ4n) is 13.5. The molecule has 12 nitrogen and oxygen atoms in total. The van der Waals surface area contributed by atoms with Crippen LogP contribution in [0.15, 0.2) is 92.5 Å². The summed E-state index contributed by atoms with van der Waals surface area (Å²) in [6, 6.07) is 0.578. The number of Topliss-reactive ketones (excluding diaryl/α,β-unsaturated/α-hetero) is 2. The topological polar surface area (TPSA) is 189 Å². The largest absolute Gasteiger partial charge is 0.393 e. The van der Waals surface area contributed by atoms with E-state index in [4.69, 9.17) is 0 Å². The summed E-state index contributed by atoms with van der Waals surface area (Å²) in [6.07, 6.45) is -7.27. The lowest BCUT2D eigenvalue weighted by atomic mass is 9.77. The van der Waals surface area contributed by atoms with E-state index in [1.165, 1.54) is 0 Å². The van der Waals surface area contributed by atoms with Crippen molar-refractivity contribution in [2.45, 2.75) is 38.9 Å². The molecular weight excluding hydrogens is 1640 g/mol. The standard InChI is InChI=1S/C74H28F30N6O6/c1-13(111)11-23(113)31-33-27(37-45(79)57(91)67(101)58(92)46(37)80)19-7-3-15(105-19)25(35-41(75)53(87)65(99)54(88)42(35)76)18-6-10-22(108-18)30(40-51(85)63(97)70(104)64(98)52(40)86)72-32(24(114)12-14(2)112)34(74(116)110-72)28(38-47(81)59(93)68(102)60(94)48(38)82)20-8-4-16(106-20)26(36-43(77)55(89)66(100)56(90)44(36)78)17-5-9-21(107-17)29(71(31)109-73(33)115)39-49(83)61(95)69(103)62(96)50(39)84/h3-10,13-14,31,33,105-106,111-112H,11-12H2,1-2H3,(H,109,115)(H,110,116)/b25-15-,26-17+,27-19-,30-22-,34-28-,71-29-. The van der Waals surface area contributed by atoms with Crippen molar-refractivity contribution >= 4 is 68.2 Å². The van der Waals surface area contributed by atoms with Gasteiger partial charge in [0.2, 0.25) is 40.8 Å². The number of ketones is 2. The van der Waals surface area contributed by atoms with Crippen molar-refractivity contribution in [1.29, 1.82) is 0 Å². The number of aromatic nitrogens is 2. The number of aliphatic hydroxyl groups is 2. The molecule has 12 bridgehead atoms. The number of carbonyl (C=O) groups is 4. The molecule has 5 aliphatic heterocycles. The second-order valence-electron chi connectivity index (χ2n) is 25.4. The number of H-pyrrole nitrogens is 2. The van der Waals surface area contributed by atoms with Crippen LogP contribution in [0.4, 0.5) is 132 Å². The summed E-state index contributed by atoms with van der Waals surface area (Å²) >= 11 is 0. The molecule has 2 amide bonds. The molecule has 13 rings (SSSR count). The van der Waals surface area contributed by atoms with Gasteiger partial charge in [-0.15, -0.1) is 0 Å². The summed E-state index contributed by atoms with van der Waals surface area (Å²) in [7, 11) is 0. The Kier molecular flexibility index (Phi) is 20.5. The van der Waals surface area contributed by atoms with Gasteiger partial charge in [0.05, 0.1) is 97.1 Å². The zero-order chi connectivity index (χ0) is 85.1. The van der Waals surface area contributed by atoms with Gasteiger partial charge in [0, 0.05) is 74.1 Å². The average Bonchev–Trinajstić information content (AvgIpc) is 1.56. The van der Waals surface area contributed by atoms with Crippen molar-refractivity contribution < 1.29 is 161 Å². The molecule has 5 aliphatic rings. The van der Waals surface area contributed by atoms with Gasteiger partial charge < -0.3 is 30.8 Å². The summed E-state index contributed by atoms with van der Waals surface area (Å²) in [5, 5.41) is 21.6. The van der Waals surface area contributed by atoms with E-state index in [2.05, 4.69) is 9.98 Å². The third-order valence-electron chi connectivity index (χ3n) is 18.4. The van der Waals surface area contributed by atoms with Crippen molar-refractivity contribution in [2.75, 3.05) is 0 Å². The Bertz CT molecular complexity index is 6220. The van der Waals surface area contributed by atoms with Gasteiger partial charge in [-0.05, 0) is 62.4 Å². The molecule has 4 atom stereocenters. The van der Waals surface area contributed by atoms with Gasteiger partial charge in [-0.2, -0.15) is 0 Å². The van der Waals surface area contributed by atoms with Crippen LogP contribution in [0.5, 0.6) is 0 Å². The van der Waals surface area contributed by atoms with Crippen LogP contribution in [0.1, 0.15) is 71.5 Å². The SMILES string of the molecule is CC(O)CC(=O)C1=C2NC(=O)/C1=C(\c1c(F)c(F)c(F)c(F)c1F)c1ccc([nH]1)/C(c1c(F)c(F)c(F)c(F)c1F)=C1/C=CC(=N1)/C(c1c(F)c(F)c(F)c(F)c1F)=C1/NC(=O)C(/C(c3c(F)c(F)c(F)c(F)c3F)=c3\cc/c([nH]3)=C(/c3c(F)c(F)c(F)c(F)c3F)C3=N/C(=C\2c2c(F)c(F)c(F)c(F)c2F)C=C3)C1C(=O)CC(C)O. The Morgan fingerprint density at radius 3 is 1.07 bits per heavy atom. The first-order valence-corrected chi connectivity index (χ1v) is 32.0. The molecule has 0 saturated carbocycles. The fourth-order valence-corrected chi connectivity index (χ4v) is 13.5. The molecule has 116 heavy (non-hydrogen) atoms.